The maximum absolute atomic E-state index is 13.6. The van der Waals surface area contributed by atoms with Crippen molar-refractivity contribution < 1.29 is 4.39 Å². The molecule has 1 unspecified atom stereocenters. The van der Waals surface area contributed by atoms with Crippen LogP contribution >= 0.6 is 0 Å². The Labute approximate surface area is 109 Å². The van der Waals surface area contributed by atoms with Crippen molar-refractivity contribution in [3.8, 4) is 0 Å². The molecule has 1 aromatic carbocycles. The van der Waals surface area contributed by atoms with E-state index in [2.05, 4.69) is 31.2 Å². The quantitative estimate of drug-likeness (QED) is 0.864. The molecule has 0 amide bonds. The summed E-state index contributed by atoms with van der Waals surface area (Å²) in [5.41, 5.74) is 0.885. The summed E-state index contributed by atoms with van der Waals surface area (Å²) in [5.74, 6) is 0.348. The minimum atomic E-state index is -0.0531. The number of hydrogen-bond donors (Lipinski definition) is 1. The Morgan fingerprint density at radius 1 is 1.33 bits per heavy atom. The maximum Gasteiger partial charge on any atom is 0.126 e. The van der Waals surface area contributed by atoms with Crippen molar-refractivity contribution in [2.24, 2.45) is 0 Å². The van der Waals surface area contributed by atoms with Crippen molar-refractivity contribution in [3.05, 3.63) is 35.6 Å². The smallest absolute Gasteiger partial charge is 0.126 e. The van der Waals surface area contributed by atoms with Crippen molar-refractivity contribution >= 4 is 0 Å². The average Bonchev–Trinajstić information content (AvgIpc) is 2.28. The molecule has 0 radical (unpaired) electrons. The van der Waals surface area contributed by atoms with Crippen LogP contribution in [0.4, 0.5) is 4.39 Å². The lowest BCUT2D eigenvalue weighted by atomic mass is 9.75. The minimum Gasteiger partial charge on any atom is -0.312 e. The Morgan fingerprint density at radius 2 is 2.00 bits per heavy atom. The van der Waals surface area contributed by atoms with Crippen LogP contribution in [0.5, 0.6) is 0 Å². The van der Waals surface area contributed by atoms with Crippen molar-refractivity contribution in [2.75, 3.05) is 20.6 Å². The molecule has 0 aliphatic heterocycles. The monoisotopic (exact) mass is 250 g/mol. The third-order valence-corrected chi connectivity index (χ3v) is 4.07. The fraction of sp³-hybridized carbons (Fsp3) is 0.600. The molecule has 0 heterocycles. The van der Waals surface area contributed by atoms with Gasteiger partial charge in [-0.25, -0.2) is 4.39 Å². The summed E-state index contributed by atoms with van der Waals surface area (Å²) in [4.78, 5) is 2.21. The second-order valence-electron chi connectivity index (χ2n) is 5.61. The van der Waals surface area contributed by atoms with E-state index in [0.29, 0.717) is 18.0 Å². The first-order chi connectivity index (χ1) is 8.58. The molecule has 18 heavy (non-hydrogen) atoms. The number of likely N-dealkylation sites (N-methyl/N-ethyl adjacent to an activating group) is 1. The van der Waals surface area contributed by atoms with Gasteiger partial charge in [0.1, 0.15) is 5.82 Å². The molecule has 2 nitrogen and oxygen atoms in total. The number of benzene rings is 1. The van der Waals surface area contributed by atoms with Gasteiger partial charge in [-0.15, -0.1) is 0 Å². The SMILES string of the molecule is CC(CNC1CC(c2ccccc2F)C1)N(C)C. The van der Waals surface area contributed by atoms with Crippen molar-refractivity contribution in [3.63, 3.8) is 0 Å². The Morgan fingerprint density at radius 3 is 2.61 bits per heavy atom. The molecule has 3 heteroatoms. The topological polar surface area (TPSA) is 15.3 Å². The van der Waals surface area contributed by atoms with Crippen molar-refractivity contribution in [2.45, 2.75) is 37.8 Å². The van der Waals surface area contributed by atoms with E-state index in [9.17, 15) is 4.39 Å². The molecule has 1 aromatic rings. The highest BCUT2D eigenvalue weighted by Gasteiger charge is 2.31. The maximum atomic E-state index is 13.6. The van der Waals surface area contributed by atoms with E-state index >= 15 is 0 Å². The van der Waals surface area contributed by atoms with Crippen LogP contribution in [-0.2, 0) is 0 Å². The van der Waals surface area contributed by atoms with Crippen LogP contribution in [0.15, 0.2) is 24.3 Å². The predicted octanol–water partition coefficient (Wildman–Crippen LogP) is 2.61. The second-order valence-corrected chi connectivity index (χ2v) is 5.61. The third kappa shape index (κ3) is 3.09. The lowest BCUT2D eigenvalue weighted by molar-refractivity contribution is 0.243. The van der Waals surface area contributed by atoms with Gasteiger partial charge >= 0.3 is 0 Å². The van der Waals surface area contributed by atoms with E-state index in [1.807, 2.05) is 12.1 Å². The summed E-state index contributed by atoms with van der Waals surface area (Å²) < 4.78 is 13.6. The summed E-state index contributed by atoms with van der Waals surface area (Å²) in [7, 11) is 4.19. The van der Waals surface area contributed by atoms with E-state index < -0.39 is 0 Å². The Balaban J connectivity index is 1.76. The first kappa shape index (κ1) is 13.5. The average molecular weight is 250 g/mol. The predicted molar refractivity (Wildman–Crippen MR) is 73.3 cm³/mol. The molecular formula is C15H23FN2. The molecule has 1 aliphatic rings. The Hall–Kier alpha value is -0.930. The van der Waals surface area contributed by atoms with Crippen LogP contribution in [0.2, 0.25) is 0 Å². The van der Waals surface area contributed by atoms with Gasteiger partial charge < -0.3 is 10.2 Å². The molecule has 1 N–H and O–H groups in total. The standard InChI is InChI=1S/C15H23FN2/c1-11(18(2)3)10-17-13-8-12(9-13)14-6-4-5-7-15(14)16/h4-7,11-13,17H,8-10H2,1-3H3. The summed E-state index contributed by atoms with van der Waals surface area (Å²) in [5, 5.41) is 3.56. The highest BCUT2D eigenvalue weighted by atomic mass is 19.1. The molecule has 1 atom stereocenters. The summed E-state index contributed by atoms with van der Waals surface area (Å²) in [6.45, 7) is 3.21. The Bertz CT molecular complexity index is 386. The summed E-state index contributed by atoms with van der Waals surface area (Å²) >= 11 is 0. The lowest BCUT2D eigenvalue weighted by Crippen LogP contribution is -2.45. The van der Waals surface area contributed by atoms with E-state index in [0.717, 1.165) is 24.9 Å². The van der Waals surface area contributed by atoms with Crippen LogP contribution in [-0.4, -0.2) is 37.6 Å². The molecule has 0 aromatic heterocycles. The minimum absolute atomic E-state index is 0.0531. The first-order valence-electron chi connectivity index (χ1n) is 6.72. The zero-order valence-corrected chi connectivity index (χ0v) is 11.5. The molecular weight excluding hydrogens is 227 g/mol. The zero-order valence-electron chi connectivity index (χ0n) is 11.5. The van der Waals surface area contributed by atoms with Gasteiger partial charge in [-0.2, -0.15) is 0 Å². The summed E-state index contributed by atoms with van der Waals surface area (Å²) in [6.07, 6.45) is 2.11. The van der Waals surface area contributed by atoms with E-state index in [1.165, 1.54) is 0 Å². The van der Waals surface area contributed by atoms with Gasteiger partial charge in [0.2, 0.25) is 0 Å². The van der Waals surface area contributed by atoms with Crippen LogP contribution in [0, 0.1) is 5.82 Å². The van der Waals surface area contributed by atoms with Gasteiger partial charge in [-0.1, -0.05) is 18.2 Å². The molecule has 1 fully saturated rings. The zero-order chi connectivity index (χ0) is 13.1. The van der Waals surface area contributed by atoms with Gasteiger partial charge in [0.25, 0.3) is 0 Å². The van der Waals surface area contributed by atoms with Gasteiger partial charge in [-0.3, -0.25) is 0 Å². The van der Waals surface area contributed by atoms with Crippen LogP contribution in [0.1, 0.15) is 31.2 Å². The van der Waals surface area contributed by atoms with Crippen LogP contribution in [0.25, 0.3) is 0 Å². The van der Waals surface area contributed by atoms with E-state index in [4.69, 9.17) is 0 Å². The van der Waals surface area contributed by atoms with E-state index in [1.54, 1.807) is 12.1 Å². The third-order valence-electron chi connectivity index (χ3n) is 4.07. The fourth-order valence-electron chi connectivity index (χ4n) is 2.36. The molecule has 0 saturated heterocycles. The number of rotatable bonds is 5. The van der Waals surface area contributed by atoms with Gasteiger partial charge in [0.15, 0.2) is 0 Å². The number of nitrogens with zero attached hydrogens (tertiary/aromatic N) is 1. The van der Waals surface area contributed by atoms with E-state index in [-0.39, 0.29) is 5.82 Å². The molecule has 2 rings (SSSR count). The molecule has 100 valence electrons. The second kappa shape index (κ2) is 5.81. The highest BCUT2D eigenvalue weighted by molar-refractivity contribution is 5.24. The number of halogens is 1. The lowest BCUT2D eigenvalue weighted by Gasteiger charge is -2.37. The van der Waals surface area contributed by atoms with Gasteiger partial charge in [0.05, 0.1) is 0 Å². The normalized spacial score (nSPS) is 24.9. The number of nitrogens with one attached hydrogen (secondary N) is 1. The highest BCUT2D eigenvalue weighted by Crippen LogP contribution is 2.37. The van der Waals surface area contributed by atoms with Gasteiger partial charge in [0, 0.05) is 18.6 Å². The van der Waals surface area contributed by atoms with Crippen LogP contribution in [0.3, 0.4) is 0 Å². The molecule has 1 saturated carbocycles. The fourth-order valence-corrected chi connectivity index (χ4v) is 2.36. The summed E-state index contributed by atoms with van der Waals surface area (Å²) in [6, 6.07) is 8.25. The first-order valence-corrected chi connectivity index (χ1v) is 6.72. The largest absolute Gasteiger partial charge is 0.312 e. The van der Waals surface area contributed by atoms with Crippen molar-refractivity contribution in [1.82, 2.24) is 10.2 Å². The van der Waals surface area contributed by atoms with Crippen LogP contribution < -0.4 is 5.32 Å². The molecule has 0 spiro atoms. The number of hydrogen-bond acceptors (Lipinski definition) is 2. The Kier molecular flexibility index (Phi) is 4.36. The van der Waals surface area contributed by atoms with Crippen molar-refractivity contribution in [1.29, 1.82) is 0 Å². The molecule has 1 aliphatic carbocycles. The molecule has 0 bridgehead atoms. The van der Waals surface area contributed by atoms with Gasteiger partial charge in [-0.05, 0) is 51.4 Å².